The van der Waals surface area contributed by atoms with Crippen LogP contribution in [0.25, 0.3) is 0 Å². The van der Waals surface area contributed by atoms with Gasteiger partial charge in [0.05, 0.1) is 13.2 Å². The summed E-state index contributed by atoms with van der Waals surface area (Å²) < 4.78 is 5.28. The van der Waals surface area contributed by atoms with E-state index in [0.29, 0.717) is 54.8 Å². The molecule has 3 N–H and O–H groups in total. The number of nitrogens with zero attached hydrogens (tertiary/aromatic N) is 2. The molecule has 8 heteroatoms. The van der Waals surface area contributed by atoms with Gasteiger partial charge in [-0.3, -0.25) is 9.59 Å². The van der Waals surface area contributed by atoms with Gasteiger partial charge < -0.3 is 20.7 Å². The Kier molecular flexibility index (Phi) is 5.42. The molecule has 0 radical (unpaired) electrons. The largest absolute Gasteiger partial charge is 0.378 e. The first-order valence-corrected chi connectivity index (χ1v) is 8.90. The minimum Gasteiger partial charge on any atom is -0.378 e. The van der Waals surface area contributed by atoms with Gasteiger partial charge in [-0.05, 0) is 24.6 Å². The molecule has 0 bridgehead atoms. The number of benzene rings is 1. The molecule has 2 amide bonds. The number of aromatic nitrogens is 1. The number of morpholine rings is 1. The van der Waals surface area contributed by atoms with Crippen LogP contribution in [0.1, 0.15) is 31.4 Å². The van der Waals surface area contributed by atoms with E-state index >= 15 is 0 Å². The lowest BCUT2D eigenvalue weighted by molar-refractivity contribution is 0.0303. The van der Waals surface area contributed by atoms with Crippen LogP contribution < -0.4 is 11.1 Å². The number of anilines is 1. The average Bonchev–Trinajstić information content (AvgIpc) is 3.13. The summed E-state index contributed by atoms with van der Waals surface area (Å²) in [5.41, 5.74) is 7.88. The van der Waals surface area contributed by atoms with Crippen molar-refractivity contribution in [1.82, 2.24) is 9.88 Å². The van der Waals surface area contributed by atoms with Crippen molar-refractivity contribution < 1.29 is 14.3 Å². The number of nitrogens with two attached hydrogens (primary N) is 1. The predicted octanol–water partition coefficient (Wildman–Crippen LogP) is 1.63. The van der Waals surface area contributed by atoms with Gasteiger partial charge in [0, 0.05) is 36.3 Å². The number of hydrogen-bond acceptors (Lipinski definition) is 6. The van der Waals surface area contributed by atoms with Crippen LogP contribution in [-0.4, -0.2) is 48.0 Å². The molecule has 1 saturated heterocycles. The summed E-state index contributed by atoms with van der Waals surface area (Å²) in [6.45, 7) is 4.44. The zero-order valence-corrected chi connectivity index (χ0v) is 14.8. The van der Waals surface area contributed by atoms with Gasteiger partial charge in [-0.25, -0.2) is 4.98 Å². The van der Waals surface area contributed by atoms with Crippen LogP contribution in [0.5, 0.6) is 0 Å². The second kappa shape index (κ2) is 7.73. The van der Waals surface area contributed by atoms with Crippen LogP contribution in [0, 0.1) is 6.92 Å². The maximum atomic E-state index is 12.6. The standard InChI is InChI=1S/C17H20N4O3S/c1-11-2-3-12(17(23)21-4-6-24-7-5-21)8-13(11)20-16(22)14-10-25-15(9-18)19-14/h2-3,8,10H,4-7,9,18H2,1H3,(H,20,22). The number of nitrogens with one attached hydrogen (secondary N) is 1. The molecular formula is C17H20N4O3S. The molecule has 0 unspecified atom stereocenters. The maximum Gasteiger partial charge on any atom is 0.275 e. The van der Waals surface area contributed by atoms with E-state index < -0.39 is 0 Å². The number of ether oxygens (including phenoxy) is 1. The summed E-state index contributed by atoms with van der Waals surface area (Å²) in [6, 6.07) is 5.31. The van der Waals surface area contributed by atoms with Crippen LogP contribution >= 0.6 is 11.3 Å². The first-order valence-electron chi connectivity index (χ1n) is 8.02. The molecule has 1 aromatic carbocycles. The number of hydrogen-bond donors (Lipinski definition) is 2. The Labute approximate surface area is 149 Å². The zero-order valence-electron chi connectivity index (χ0n) is 13.9. The highest BCUT2D eigenvalue weighted by Gasteiger charge is 2.20. The molecule has 1 aromatic heterocycles. The lowest BCUT2D eigenvalue weighted by Gasteiger charge is -2.27. The van der Waals surface area contributed by atoms with E-state index in [2.05, 4.69) is 10.3 Å². The third-order valence-corrected chi connectivity index (χ3v) is 4.86. The molecule has 1 aliphatic heterocycles. The van der Waals surface area contributed by atoms with Crippen molar-refractivity contribution in [2.45, 2.75) is 13.5 Å². The van der Waals surface area contributed by atoms with E-state index in [0.717, 1.165) is 5.56 Å². The molecule has 1 fully saturated rings. The zero-order chi connectivity index (χ0) is 17.8. The van der Waals surface area contributed by atoms with E-state index in [1.165, 1.54) is 11.3 Å². The first-order chi connectivity index (χ1) is 12.1. The van der Waals surface area contributed by atoms with Crippen molar-refractivity contribution in [1.29, 1.82) is 0 Å². The molecular weight excluding hydrogens is 340 g/mol. The van der Waals surface area contributed by atoms with Crippen molar-refractivity contribution in [3.63, 3.8) is 0 Å². The molecule has 0 saturated carbocycles. The fraction of sp³-hybridized carbons (Fsp3) is 0.353. The second-order valence-electron chi connectivity index (χ2n) is 5.72. The van der Waals surface area contributed by atoms with E-state index in [1.54, 1.807) is 22.4 Å². The summed E-state index contributed by atoms with van der Waals surface area (Å²) >= 11 is 1.35. The van der Waals surface area contributed by atoms with Gasteiger partial charge in [-0.15, -0.1) is 11.3 Å². The Morgan fingerprint density at radius 3 is 2.80 bits per heavy atom. The smallest absolute Gasteiger partial charge is 0.275 e. The lowest BCUT2D eigenvalue weighted by Crippen LogP contribution is -2.40. The number of carbonyl (C=O) groups excluding carboxylic acids is 2. The van der Waals surface area contributed by atoms with Gasteiger partial charge >= 0.3 is 0 Å². The monoisotopic (exact) mass is 360 g/mol. The molecule has 0 aliphatic carbocycles. The Bertz CT molecular complexity index is 784. The fourth-order valence-electron chi connectivity index (χ4n) is 2.53. The topological polar surface area (TPSA) is 97.5 Å². The average molecular weight is 360 g/mol. The van der Waals surface area contributed by atoms with Crippen molar-refractivity contribution >= 4 is 28.8 Å². The van der Waals surface area contributed by atoms with Gasteiger partial charge in [-0.1, -0.05) is 6.07 Å². The van der Waals surface area contributed by atoms with Gasteiger partial charge in [0.15, 0.2) is 0 Å². The molecule has 25 heavy (non-hydrogen) atoms. The summed E-state index contributed by atoms with van der Waals surface area (Å²) in [5.74, 6) is -0.368. The molecule has 0 atom stereocenters. The molecule has 132 valence electrons. The van der Waals surface area contributed by atoms with Gasteiger partial charge in [-0.2, -0.15) is 0 Å². The quantitative estimate of drug-likeness (QED) is 0.864. The van der Waals surface area contributed by atoms with Gasteiger partial charge in [0.25, 0.3) is 11.8 Å². The molecule has 7 nitrogen and oxygen atoms in total. The summed E-state index contributed by atoms with van der Waals surface area (Å²) in [7, 11) is 0. The number of thiazole rings is 1. The molecule has 3 rings (SSSR count). The Hall–Kier alpha value is -2.29. The van der Waals surface area contributed by atoms with E-state index in [1.807, 2.05) is 13.0 Å². The summed E-state index contributed by atoms with van der Waals surface area (Å²) in [5, 5.41) is 5.21. The highest BCUT2D eigenvalue weighted by atomic mass is 32.1. The van der Waals surface area contributed by atoms with E-state index in [9.17, 15) is 9.59 Å². The van der Waals surface area contributed by atoms with Crippen molar-refractivity contribution in [3.8, 4) is 0 Å². The number of amides is 2. The maximum absolute atomic E-state index is 12.6. The van der Waals surface area contributed by atoms with Gasteiger partial charge in [0.1, 0.15) is 10.7 Å². The minimum absolute atomic E-state index is 0.0575. The van der Waals surface area contributed by atoms with Crippen molar-refractivity contribution in [2.24, 2.45) is 5.73 Å². The highest BCUT2D eigenvalue weighted by Crippen LogP contribution is 2.20. The van der Waals surface area contributed by atoms with Crippen LogP contribution in [-0.2, 0) is 11.3 Å². The second-order valence-corrected chi connectivity index (χ2v) is 6.66. The first kappa shape index (κ1) is 17.5. The Balaban J connectivity index is 1.76. The van der Waals surface area contributed by atoms with Crippen molar-refractivity contribution in [3.05, 3.63) is 45.4 Å². The van der Waals surface area contributed by atoms with E-state index in [4.69, 9.17) is 10.5 Å². The van der Waals surface area contributed by atoms with E-state index in [-0.39, 0.29) is 11.8 Å². The summed E-state index contributed by atoms with van der Waals surface area (Å²) in [6.07, 6.45) is 0. The predicted molar refractivity (Wildman–Crippen MR) is 95.9 cm³/mol. The van der Waals surface area contributed by atoms with Gasteiger partial charge in [0.2, 0.25) is 0 Å². The summed E-state index contributed by atoms with van der Waals surface area (Å²) in [4.78, 5) is 30.9. The SMILES string of the molecule is Cc1ccc(C(=O)N2CCOCC2)cc1NC(=O)c1csc(CN)n1. The number of rotatable bonds is 4. The lowest BCUT2D eigenvalue weighted by atomic mass is 10.1. The third kappa shape index (κ3) is 4.04. The highest BCUT2D eigenvalue weighted by molar-refractivity contribution is 7.09. The third-order valence-electron chi connectivity index (χ3n) is 3.99. The van der Waals surface area contributed by atoms with Crippen molar-refractivity contribution in [2.75, 3.05) is 31.6 Å². The molecule has 0 spiro atoms. The Morgan fingerprint density at radius 1 is 1.36 bits per heavy atom. The van der Waals surface area contributed by atoms with Crippen LogP contribution in [0.4, 0.5) is 5.69 Å². The molecule has 1 aliphatic rings. The normalized spacial score (nSPS) is 14.4. The minimum atomic E-state index is -0.310. The molecule has 2 heterocycles. The van der Waals surface area contributed by atoms with Crippen LogP contribution in [0.2, 0.25) is 0 Å². The molecule has 2 aromatic rings. The number of carbonyl (C=O) groups is 2. The Morgan fingerprint density at radius 2 is 2.12 bits per heavy atom. The number of aryl methyl sites for hydroxylation is 1. The fourth-order valence-corrected chi connectivity index (χ4v) is 3.19. The van der Waals surface area contributed by atoms with Crippen LogP contribution in [0.15, 0.2) is 23.6 Å². The van der Waals surface area contributed by atoms with Crippen LogP contribution in [0.3, 0.4) is 0 Å².